The lowest BCUT2D eigenvalue weighted by atomic mass is 10.1. The summed E-state index contributed by atoms with van der Waals surface area (Å²) in [6, 6.07) is 0.724. The van der Waals surface area contributed by atoms with Crippen LogP contribution in [0.3, 0.4) is 0 Å². The van der Waals surface area contributed by atoms with Crippen LogP contribution in [-0.4, -0.2) is 54.4 Å². The molecule has 3 heteroatoms. The number of nitrogens with zero attached hydrogens (tertiary/aromatic N) is 2. The second kappa shape index (κ2) is 6.09. The van der Waals surface area contributed by atoms with Crippen molar-refractivity contribution in [1.82, 2.24) is 9.80 Å². The minimum atomic E-state index is 0.724. The van der Waals surface area contributed by atoms with Crippen LogP contribution in [0.25, 0.3) is 0 Å². The van der Waals surface area contributed by atoms with Crippen molar-refractivity contribution >= 4 is 15.9 Å². The van der Waals surface area contributed by atoms with Crippen molar-refractivity contribution in [3.05, 3.63) is 0 Å². The van der Waals surface area contributed by atoms with Crippen LogP contribution in [0.2, 0.25) is 0 Å². The average Bonchev–Trinajstić information content (AvgIpc) is 2.17. The SMILES string of the molecule is CCC(CBr)CN1CCN(C)CC1C. The quantitative estimate of drug-likeness (QED) is 0.716. The van der Waals surface area contributed by atoms with E-state index in [4.69, 9.17) is 0 Å². The molecule has 0 aliphatic carbocycles. The van der Waals surface area contributed by atoms with Crippen LogP contribution in [0.5, 0.6) is 0 Å². The van der Waals surface area contributed by atoms with Crippen molar-refractivity contribution in [2.75, 3.05) is 38.6 Å². The smallest absolute Gasteiger partial charge is 0.0195 e. The second-order valence-electron chi connectivity index (χ2n) is 4.53. The maximum absolute atomic E-state index is 3.60. The maximum atomic E-state index is 3.60. The van der Waals surface area contributed by atoms with Crippen LogP contribution in [0.4, 0.5) is 0 Å². The highest BCUT2D eigenvalue weighted by Crippen LogP contribution is 2.14. The number of piperazine rings is 1. The van der Waals surface area contributed by atoms with Gasteiger partial charge in [-0.05, 0) is 19.9 Å². The lowest BCUT2D eigenvalue weighted by molar-refractivity contribution is 0.0875. The molecule has 14 heavy (non-hydrogen) atoms. The van der Waals surface area contributed by atoms with Gasteiger partial charge < -0.3 is 4.90 Å². The largest absolute Gasteiger partial charge is 0.304 e. The molecule has 2 unspecified atom stereocenters. The van der Waals surface area contributed by atoms with Crippen LogP contribution in [0.1, 0.15) is 20.3 Å². The van der Waals surface area contributed by atoms with E-state index in [0.29, 0.717) is 0 Å². The number of rotatable bonds is 4. The normalized spacial score (nSPS) is 27.9. The summed E-state index contributed by atoms with van der Waals surface area (Å²) < 4.78 is 0. The number of likely N-dealkylation sites (N-methyl/N-ethyl adjacent to an activating group) is 1. The highest BCUT2D eigenvalue weighted by Gasteiger charge is 2.22. The first-order valence-electron chi connectivity index (χ1n) is 5.66. The summed E-state index contributed by atoms with van der Waals surface area (Å²) in [6.07, 6.45) is 1.28. The Morgan fingerprint density at radius 1 is 1.43 bits per heavy atom. The third-order valence-electron chi connectivity index (χ3n) is 3.26. The van der Waals surface area contributed by atoms with Gasteiger partial charge in [0.1, 0.15) is 0 Å². The molecule has 0 saturated carbocycles. The van der Waals surface area contributed by atoms with E-state index in [1.807, 2.05) is 0 Å². The van der Waals surface area contributed by atoms with E-state index in [-0.39, 0.29) is 0 Å². The van der Waals surface area contributed by atoms with E-state index in [1.165, 1.54) is 32.6 Å². The van der Waals surface area contributed by atoms with Crippen LogP contribution >= 0.6 is 15.9 Å². The van der Waals surface area contributed by atoms with Gasteiger partial charge in [-0.25, -0.2) is 0 Å². The molecule has 0 N–H and O–H groups in total. The fourth-order valence-electron chi connectivity index (χ4n) is 2.07. The monoisotopic (exact) mass is 262 g/mol. The minimum absolute atomic E-state index is 0.724. The summed E-state index contributed by atoms with van der Waals surface area (Å²) in [7, 11) is 2.22. The number of halogens is 1. The summed E-state index contributed by atoms with van der Waals surface area (Å²) >= 11 is 3.60. The van der Waals surface area contributed by atoms with Crippen LogP contribution in [0.15, 0.2) is 0 Å². The van der Waals surface area contributed by atoms with Gasteiger partial charge in [0.05, 0.1) is 0 Å². The van der Waals surface area contributed by atoms with Gasteiger partial charge in [-0.15, -0.1) is 0 Å². The van der Waals surface area contributed by atoms with Gasteiger partial charge in [-0.2, -0.15) is 0 Å². The summed E-state index contributed by atoms with van der Waals surface area (Å²) in [4.78, 5) is 5.06. The highest BCUT2D eigenvalue weighted by atomic mass is 79.9. The van der Waals surface area contributed by atoms with Crippen molar-refractivity contribution in [3.63, 3.8) is 0 Å². The van der Waals surface area contributed by atoms with Gasteiger partial charge in [0.15, 0.2) is 0 Å². The topological polar surface area (TPSA) is 6.48 Å². The molecule has 1 saturated heterocycles. The molecule has 0 aromatic rings. The predicted molar refractivity (Wildman–Crippen MR) is 66.1 cm³/mol. The Bertz CT molecular complexity index is 159. The van der Waals surface area contributed by atoms with E-state index in [1.54, 1.807) is 0 Å². The minimum Gasteiger partial charge on any atom is -0.304 e. The molecule has 84 valence electrons. The Kier molecular flexibility index (Phi) is 5.42. The molecule has 0 radical (unpaired) electrons. The summed E-state index contributed by atoms with van der Waals surface area (Å²) in [5, 5.41) is 1.14. The van der Waals surface area contributed by atoms with Gasteiger partial charge in [0, 0.05) is 37.6 Å². The fourth-order valence-corrected chi connectivity index (χ4v) is 2.73. The molecular formula is C11H23BrN2. The molecule has 0 bridgehead atoms. The van der Waals surface area contributed by atoms with Crippen LogP contribution < -0.4 is 0 Å². The number of hydrogen-bond donors (Lipinski definition) is 0. The predicted octanol–water partition coefficient (Wildman–Crippen LogP) is 2.04. The third kappa shape index (κ3) is 3.52. The van der Waals surface area contributed by atoms with E-state index in [0.717, 1.165) is 17.3 Å². The van der Waals surface area contributed by atoms with Crippen molar-refractivity contribution in [3.8, 4) is 0 Å². The average molecular weight is 263 g/mol. The molecule has 0 aromatic carbocycles. The first-order chi connectivity index (χ1) is 6.67. The van der Waals surface area contributed by atoms with E-state index < -0.39 is 0 Å². The van der Waals surface area contributed by atoms with Gasteiger partial charge in [0.2, 0.25) is 0 Å². The molecular weight excluding hydrogens is 240 g/mol. The Morgan fingerprint density at radius 3 is 2.64 bits per heavy atom. The van der Waals surface area contributed by atoms with E-state index >= 15 is 0 Å². The summed E-state index contributed by atoms with van der Waals surface area (Å²) in [5.74, 6) is 0.820. The number of alkyl halides is 1. The fraction of sp³-hybridized carbons (Fsp3) is 1.00. The Hall–Kier alpha value is 0.400. The second-order valence-corrected chi connectivity index (χ2v) is 5.18. The van der Waals surface area contributed by atoms with Crippen molar-refractivity contribution in [2.45, 2.75) is 26.3 Å². The highest BCUT2D eigenvalue weighted by molar-refractivity contribution is 9.09. The molecule has 1 aliphatic heterocycles. The van der Waals surface area contributed by atoms with Crippen molar-refractivity contribution < 1.29 is 0 Å². The summed E-state index contributed by atoms with van der Waals surface area (Å²) in [5.41, 5.74) is 0. The Balaban J connectivity index is 2.36. The van der Waals surface area contributed by atoms with Crippen LogP contribution in [0, 0.1) is 5.92 Å². The van der Waals surface area contributed by atoms with Gasteiger partial charge >= 0.3 is 0 Å². The Labute approximate surface area is 96.8 Å². The molecule has 0 aromatic heterocycles. The first-order valence-corrected chi connectivity index (χ1v) is 6.78. The molecule has 0 spiro atoms. The lowest BCUT2D eigenvalue weighted by Gasteiger charge is -2.39. The number of hydrogen-bond acceptors (Lipinski definition) is 2. The molecule has 2 nitrogen and oxygen atoms in total. The molecule has 1 fully saturated rings. The van der Waals surface area contributed by atoms with Gasteiger partial charge in [-0.3, -0.25) is 4.90 Å². The zero-order valence-electron chi connectivity index (χ0n) is 9.67. The third-order valence-corrected chi connectivity index (χ3v) is 4.17. The van der Waals surface area contributed by atoms with E-state index in [2.05, 4.69) is 46.6 Å². The summed E-state index contributed by atoms with van der Waals surface area (Å²) in [6.45, 7) is 9.57. The molecule has 2 atom stereocenters. The molecule has 0 amide bonds. The zero-order chi connectivity index (χ0) is 10.6. The van der Waals surface area contributed by atoms with Crippen molar-refractivity contribution in [2.24, 2.45) is 5.92 Å². The molecule has 1 rings (SSSR count). The van der Waals surface area contributed by atoms with Gasteiger partial charge in [-0.1, -0.05) is 29.3 Å². The maximum Gasteiger partial charge on any atom is 0.0195 e. The standard InChI is InChI=1S/C11H23BrN2/c1-4-11(7-12)9-14-6-5-13(3)8-10(14)2/h10-11H,4-9H2,1-3H3. The molecule has 1 heterocycles. The zero-order valence-corrected chi connectivity index (χ0v) is 11.3. The molecule has 1 aliphatic rings. The van der Waals surface area contributed by atoms with E-state index in [9.17, 15) is 0 Å². The van der Waals surface area contributed by atoms with Gasteiger partial charge in [0.25, 0.3) is 0 Å². The Morgan fingerprint density at radius 2 is 2.14 bits per heavy atom. The lowest BCUT2D eigenvalue weighted by Crippen LogP contribution is -2.51. The van der Waals surface area contributed by atoms with Crippen LogP contribution in [-0.2, 0) is 0 Å². The first kappa shape index (κ1) is 12.5. The van der Waals surface area contributed by atoms with Crippen molar-refractivity contribution in [1.29, 1.82) is 0 Å².